The van der Waals surface area contributed by atoms with Crippen LogP contribution in [0.25, 0.3) is 5.65 Å². The molecule has 0 spiro atoms. The predicted molar refractivity (Wildman–Crippen MR) is 108 cm³/mol. The van der Waals surface area contributed by atoms with Crippen molar-refractivity contribution in [1.29, 1.82) is 0 Å². The number of aromatic nitrogens is 4. The quantitative estimate of drug-likeness (QED) is 0.661. The lowest BCUT2D eigenvalue weighted by Gasteiger charge is -2.35. The summed E-state index contributed by atoms with van der Waals surface area (Å²) in [5, 5.41) is 14.0. The highest BCUT2D eigenvalue weighted by molar-refractivity contribution is 6.88. The second-order valence-electron chi connectivity index (χ2n) is 8.04. The van der Waals surface area contributed by atoms with E-state index in [0.29, 0.717) is 0 Å². The van der Waals surface area contributed by atoms with Gasteiger partial charge in [-0.05, 0) is 17.7 Å². The number of hydrogen-bond donors (Lipinski definition) is 0. The lowest BCUT2D eigenvalue weighted by molar-refractivity contribution is 0.249. The Bertz CT molecular complexity index is 875. The molecule has 0 saturated carbocycles. The summed E-state index contributed by atoms with van der Waals surface area (Å²) in [5.74, 6) is 0.997. The Balaban J connectivity index is 1.36. The summed E-state index contributed by atoms with van der Waals surface area (Å²) in [7, 11) is -1.21. The number of hydrogen-bond acceptors (Lipinski definition) is 5. The highest BCUT2D eigenvalue weighted by Crippen LogP contribution is 2.15. The molecule has 4 rings (SSSR count). The lowest BCUT2D eigenvalue weighted by Crippen LogP contribution is -2.46. The fourth-order valence-corrected chi connectivity index (χ4v) is 4.56. The van der Waals surface area contributed by atoms with Gasteiger partial charge < -0.3 is 4.90 Å². The average Bonchev–Trinajstić information content (AvgIpc) is 3.10. The molecule has 0 atom stereocenters. The van der Waals surface area contributed by atoms with Gasteiger partial charge in [-0.3, -0.25) is 4.90 Å². The molecule has 6 nitrogen and oxygen atoms in total. The van der Waals surface area contributed by atoms with Crippen LogP contribution in [0, 0.1) is 0 Å². The molecule has 1 fully saturated rings. The van der Waals surface area contributed by atoms with Crippen molar-refractivity contribution >= 4 is 24.7 Å². The molecule has 0 N–H and O–H groups in total. The van der Waals surface area contributed by atoms with Crippen molar-refractivity contribution in [3.8, 4) is 0 Å². The van der Waals surface area contributed by atoms with Gasteiger partial charge in [0.1, 0.15) is 12.1 Å². The SMILES string of the molecule is C[Si](C)(C)c1ccc(CN2CCN(c3ccc4nncn4n3)CC2)cc1. The molecule has 2 aromatic heterocycles. The van der Waals surface area contributed by atoms with E-state index in [-0.39, 0.29) is 0 Å². The molecule has 7 heteroatoms. The van der Waals surface area contributed by atoms with Crippen LogP contribution in [-0.2, 0) is 6.54 Å². The fourth-order valence-electron chi connectivity index (χ4n) is 3.39. The van der Waals surface area contributed by atoms with Gasteiger partial charge in [0.05, 0.1) is 8.07 Å². The van der Waals surface area contributed by atoms with E-state index in [1.54, 1.807) is 10.8 Å². The van der Waals surface area contributed by atoms with Gasteiger partial charge in [0.15, 0.2) is 5.65 Å². The van der Waals surface area contributed by atoms with Gasteiger partial charge >= 0.3 is 0 Å². The Morgan fingerprint density at radius 3 is 2.35 bits per heavy atom. The minimum Gasteiger partial charge on any atom is -0.353 e. The molecule has 1 aliphatic heterocycles. The molecule has 0 bridgehead atoms. The van der Waals surface area contributed by atoms with Gasteiger partial charge in [-0.2, -0.15) is 4.52 Å². The van der Waals surface area contributed by atoms with Gasteiger partial charge in [-0.1, -0.05) is 49.1 Å². The van der Waals surface area contributed by atoms with Crippen LogP contribution in [0.15, 0.2) is 42.7 Å². The summed E-state index contributed by atoms with van der Waals surface area (Å²) in [5.41, 5.74) is 2.19. The van der Waals surface area contributed by atoms with Crippen molar-refractivity contribution in [3.05, 3.63) is 48.3 Å². The smallest absolute Gasteiger partial charge is 0.177 e. The standard InChI is InChI=1S/C19H26N6Si/c1-26(2,3)17-6-4-16(5-7-17)14-23-10-12-24(13-11-23)19-9-8-18-21-20-15-25(18)22-19/h4-9,15H,10-14H2,1-3H3. The third kappa shape index (κ3) is 3.63. The Morgan fingerprint density at radius 1 is 0.923 bits per heavy atom. The largest absolute Gasteiger partial charge is 0.353 e. The summed E-state index contributed by atoms with van der Waals surface area (Å²) in [6, 6.07) is 13.3. The maximum atomic E-state index is 4.60. The maximum Gasteiger partial charge on any atom is 0.177 e. The van der Waals surface area contributed by atoms with Gasteiger partial charge in [0.2, 0.25) is 0 Å². The molecule has 1 saturated heterocycles. The Labute approximate surface area is 155 Å². The first kappa shape index (κ1) is 17.2. The summed E-state index contributed by atoms with van der Waals surface area (Å²) >= 11 is 0. The van der Waals surface area contributed by atoms with Crippen LogP contribution >= 0.6 is 0 Å². The van der Waals surface area contributed by atoms with Crippen LogP contribution in [0.4, 0.5) is 5.82 Å². The summed E-state index contributed by atoms with van der Waals surface area (Å²) in [6.45, 7) is 12.3. The van der Waals surface area contributed by atoms with Crippen LogP contribution in [0.2, 0.25) is 19.6 Å². The Morgan fingerprint density at radius 2 is 1.65 bits per heavy atom. The third-order valence-electron chi connectivity index (χ3n) is 5.07. The van der Waals surface area contributed by atoms with Crippen molar-refractivity contribution in [2.45, 2.75) is 26.2 Å². The number of fused-ring (bicyclic) bond motifs is 1. The van der Waals surface area contributed by atoms with E-state index < -0.39 is 8.07 Å². The topological polar surface area (TPSA) is 49.6 Å². The van der Waals surface area contributed by atoms with E-state index in [4.69, 9.17) is 0 Å². The molecule has 136 valence electrons. The van der Waals surface area contributed by atoms with E-state index in [1.807, 2.05) is 12.1 Å². The highest BCUT2D eigenvalue weighted by Gasteiger charge is 2.19. The first-order valence-electron chi connectivity index (χ1n) is 9.23. The van der Waals surface area contributed by atoms with Crippen LogP contribution < -0.4 is 10.1 Å². The molecular formula is C19H26N6Si. The van der Waals surface area contributed by atoms with Crippen molar-refractivity contribution in [3.63, 3.8) is 0 Å². The summed E-state index contributed by atoms with van der Waals surface area (Å²) < 4.78 is 1.74. The van der Waals surface area contributed by atoms with Crippen molar-refractivity contribution in [1.82, 2.24) is 24.7 Å². The number of anilines is 1. The van der Waals surface area contributed by atoms with Crippen LogP contribution in [0.1, 0.15) is 5.56 Å². The lowest BCUT2D eigenvalue weighted by atomic mass is 10.2. The zero-order chi connectivity index (χ0) is 18.1. The highest BCUT2D eigenvalue weighted by atomic mass is 28.3. The first-order valence-corrected chi connectivity index (χ1v) is 12.7. The van der Waals surface area contributed by atoms with E-state index in [0.717, 1.165) is 44.2 Å². The molecule has 3 aromatic rings. The average molecular weight is 367 g/mol. The Kier molecular flexibility index (Phi) is 4.50. The predicted octanol–water partition coefficient (Wildman–Crippen LogP) is 1.99. The minimum atomic E-state index is -1.21. The van der Waals surface area contributed by atoms with Gasteiger partial charge in [-0.25, -0.2) is 0 Å². The van der Waals surface area contributed by atoms with Gasteiger partial charge in [0, 0.05) is 32.7 Å². The van der Waals surface area contributed by atoms with E-state index in [9.17, 15) is 0 Å². The van der Waals surface area contributed by atoms with E-state index >= 15 is 0 Å². The maximum absolute atomic E-state index is 4.60. The van der Waals surface area contributed by atoms with Crippen molar-refractivity contribution < 1.29 is 0 Å². The second kappa shape index (κ2) is 6.81. The third-order valence-corrected chi connectivity index (χ3v) is 7.14. The van der Waals surface area contributed by atoms with Crippen LogP contribution in [0.5, 0.6) is 0 Å². The van der Waals surface area contributed by atoms with Gasteiger partial charge in [-0.15, -0.1) is 15.3 Å². The van der Waals surface area contributed by atoms with E-state index in [2.05, 4.69) is 69.0 Å². The summed E-state index contributed by atoms with van der Waals surface area (Å²) in [6.07, 6.45) is 1.65. The number of nitrogens with zero attached hydrogens (tertiary/aromatic N) is 6. The zero-order valence-electron chi connectivity index (χ0n) is 15.8. The normalized spacial score (nSPS) is 16.3. The number of benzene rings is 1. The summed E-state index contributed by atoms with van der Waals surface area (Å²) in [4.78, 5) is 4.86. The molecule has 0 unspecified atom stereocenters. The molecule has 3 heterocycles. The minimum absolute atomic E-state index is 0.786. The first-order chi connectivity index (χ1) is 12.5. The number of piperazine rings is 1. The molecular weight excluding hydrogens is 340 g/mol. The van der Waals surface area contributed by atoms with Crippen molar-refractivity contribution in [2.75, 3.05) is 31.1 Å². The molecule has 1 aliphatic rings. The molecule has 26 heavy (non-hydrogen) atoms. The molecule has 0 aliphatic carbocycles. The fraction of sp³-hybridized carbons (Fsp3) is 0.421. The Hall–Kier alpha value is -2.25. The molecule has 1 aromatic carbocycles. The van der Waals surface area contributed by atoms with Crippen LogP contribution in [0.3, 0.4) is 0 Å². The second-order valence-corrected chi connectivity index (χ2v) is 13.1. The van der Waals surface area contributed by atoms with Crippen LogP contribution in [-0.4, -0.2) is 59.0 Å². The number of rotatable bonds is 4. The monoisotopic (exact) mass is 366 g/mol. The zero-order valence-corrected chi connectivity index (χ0v) is 16.8. The van der Waals surface area contributed by atoms with E-state index in [1.165, 1.54) is 10.8 Å². The van der Waals surface area contributed by atoms with Crippen molar-refractivity contribution in [2.24, 2.45) is 0 Å². The van der Waals surface area contributed by atoms with Gasteiger partial charge in [0.25, 0.3) is 0 Å². The molecule has 0 amide bonds. The molecule has 0 radical (unpaired) electrons.